The highest BCUT2D eigenvalue weighted by Crippen LogP contribution is 2.29. The van der Waals surface area contributed by atoms with Crippen LogP contribution in [0.3, 0.4) is 0 Å². The molecule has 2 amide bonds. The number of carbonyl (C=O) groups excluding carboxylic acids is 2. The van der Waals surface area contributed by atoms with Gasteiger partial charge >= 0.3 is 0 Å². The molecule has 0 radical (unpaired) electrons. The van der Waals surface area contributed by atoms with Gasteiger partial charge in [0.05, 0.1) is 6.61 Å². The summed E-state index contributed by atoms with van der Waals surface area (Å²) in [5.74, 6) is 1.32. The molecule has 0 fully saturated rings. The van der Waals surface area contributed by atoms with E-state index < -0.39 is 0 Å². The van der Waals surface area contributed by atoms with Gasteiger partial charge in [-0.15, -0.1) is 0 Å². The van der Waals surface area contributed by atoms with E-state index >= 15 is 0 Å². The zero-order valence-electron chi connectivity index (χ0n) is 18.4. The maximum Gasteiger partial charge on any atom is 0.257 e. The summed E-state index contributed by atoms with van der Waals surface area (Å²) in [6, 6.07) is 13.3. The van der Waals surface area contributed by atoms with Gasteiger partial charge < -0.3 is 24.4 Å². The number of methoxy groups -OCH3 is 1. The molecule has 1 atom stereocenters. The molecule has 0 aliphatic heterocycles. The highest BCUT2D eigenvalue weighted by molar-refractivity contribution is 6.04. The molecule has 0 saturated carbocycles. The van der Waals surface area contributed by atoms with Crippen molar-refractivity contribution in [2.75, 3.05) is 33.1 Å². The zero-order chi connectivity index (χ0) is 23.1. The third kappa shape index (κ3) is 6.08. The van der Waals surface area contributed by atoms with Crippen LogP contribution in [-0.2, 0) is 4.74 Å². The smallest absolute Gasteiger partial charge is 0.257 e. The lowest BCUT2D eigenvalue weighted by Crippen LogP contribution is -2.21. The van der Waals surface area contributed by atoms with E-state index in [0.29, 0.717) is 40.8 Å². The van der Waals surface area contributed by atoms with Crippen molar-refractivity contribution in [2.45, 2.75) is 13.0 Å². The fourth-order valence-electron chi connectivity index (χ4n) is 2.91. The summed E-state index contributed by atoms with van der Waals surface area (Å²) < 4.78 is 16.9. The first kappa shape index (κ1) is 22.8. The Labute approximate surface area is 186 Å². The third-order valence-corrected chi connectivity index (χ3v) is 4.37. The molecule has 2 N–H and O–H groups in total. The van der Waals surface area contributed by atoms with Crippen LogP contribution in [0.4, 0.5) is 5.82 Å². The molecule has 32 heavy (non-hydrogen) atoms. The monoisotopic (exact) mass is 438 g/mol. The Hall–Kier alpha value is -3.85. The second kappa shape index (κ2) is 10.5. The number of hydrogen-bond donors (Lipinski definition) is 2. The largest absolute Gasteiger partial charge is 0.488 e. The molecule has 0 aliphatic carbocycles. The standard InChI is InChI=1S/C23H26N4O5/c1-15(14-30-4)31-19-11-17(22(28)25-21-9-10-24-26-21)12-20(13-19)32-18-7-5-16(6-8-18)23(29)27(2)3/h5-13,15H,14H2,1-4H3,(H2,24,25,26,28)/t15-/m0/s1. The Morgan fingerprint density at radius 1 is 1.03 bits per heavy atom. The average Bonchev–Trinajstić information content (AvgIpc) is 3.26. The number of benzene rings is 2. The first-order valence-electron chi connectivity index (χ1n) is 9.97. The van der Waals surface area contributed by atoms with Gasteiger partial charge in [0.25, 0.3) is 11.8 Å². The van der Waals surface area contributed by atoms with Crippen molar-refractivity contribution in [3.8, 4) is 17.2 Å². The minimum atomic E-state index is -0.362. The van der Waals surface area contributed by atoms with Gasteiger partial charge in [-0.05, 0) is 43.3 Å². The lowest BCUT2D eigenvalue weighted by Gasteiger charge is -2.16. The summed E-state index contributed by atoms with van der Waals surface area (Å²) in [5, 5.41) is 9.29. The number of carbonyl (C=O) groups is 2. The van der Waals surface area contributed by atoms with Crippen molar-refractivity contribution >= 4 is 17.6 Å². The fourth-order valence-corrected chi connectivity index (χ4v) is 2.91. The third-order valence-electron chi connectivity index (χ3n) is 4.37. The van der Waals surface area contributed by atoms with Crippen LogP contribution in [0.15, 0.2) is 54.7 Å². The summed E-state index contributed by atoms with van der Waals surface area (Å²) >= 11 is 0. The van der Waals surface area contributed by atoms with Crippen LogP contribution < -0.4 is 14.8 Å². The quantitative estimate of drug-likeness (QED) is 0.529. The molecule has 9 heteroatoms. The minimum absolute atomic E-state index is 0.101. The highest BCUT2D eigenvalue weighted by Gasteiger charge is 2.14. The van der Waals surface area contributed by atoms with E-state index in [1.54, 1.807) is 75.9 Å². The van der Waals surface area contributed by atoms with Crippen molar-refractivity contribution < 1.29 is 23.8 Å². The van der Waals surface area contributed by atoms with Crippen molar-refractivity contribution in [3.63, 3.8) is 0 Å². The van der Waals surface area contributed by atoms with Gasteiger partial charge in [0.15, 0.2) is 5.82 Å². The number of nitrogens with one attached hydrogen (secondary N) is 2. The van der Waals surface area contributed by atoms with E-state index in [1.807, 2.05) is 6.92 Å². The van der Waals surface area contributed by atoms with Crippen LogP contribution >= 0.6 is 0 Å². The normalized spacial score (nSPS) is 11.5. The van der Waals surface area contributed by atoms with E-state index in [0.717, 1.165) is 0 Å². The number of rotatable bonds is 9. The lowest BCUT2D eigenvalue weighted by atomic mass is 10.1. The van der Waals surface area contributed by atoms with Gasteiger partial charge in [0, 0.05) is 50.7 Å². The molecule has 0 spiro atoms. The molecule has 1 heterocycles. The molecule has 2 aromatic carbocycles. The number of H-pyrrole nitrogens is 1. The van der Waals surface area contributed by atoms with Crippen LogP contribution in [0.2, 0.25) is 0 Å². The molecule has 9 nitrogen and oxygen atoms in total. The maximum atomic E-state index is 12.7. The summed E-state index contributed by atoms with van der Waals surface area (Å²) in [5.41, 5.74) is 0.886. The predicted molar refractivity (Wildman–Crippen MR) is 119 cm³/mol. The first-order chi connectivity index (χ1) is 15.4. The van der Waals surface area contributed by atoms with E-state index in [1.165, 1.54) is 4.90 Å². The molecular weight excluding hydrogens is 412 g/mol. The number of amides is 2. The van der Waals surface area contributed by atoms with Crippen molar-refractivity contribution in [2.24, 2.45) is 0 Å². The van der Waals surface area contributed by atoms with E-state index in [2.05, 4.69) is 15.5 Å². The van der Waals surface area contributed by atoms with Crippen LogP contribution in [0.1, 0.15) is 27.6 Å². The van der Waals surface area contributed by atoms with Gasteiger partial charge in [-0.3, -0.25) is 14.7 Å². The van der Waals surface area contributed by atoms with E-state index in [9.17, 15) is 9.59 Å². The summed E-state index contributed by atoms with van der Waals surface area (Å²) in [7, 11) is 4.98. The van der Waals surface area contributed by atoms with E-state index in [4.69, 9.17) is 14.2 Å². The fraction of sp³-hybridized carbons (Fsp3) is 0.261. The number of aromatic nitrogens is 2. The molecule has 0 bridgehead atoms. The number of hydrogen-bond acceptors (Lipinski definition) is 6. The number of ether oxygens (including phenoxy) is 3. The molecule has 0 aliphatic rings. The van der Waals surface area contributed by atoms with Crippen molar-refractivity contribution in [1.82, 2.24) is 15.1 Å². The predicted octanol–water partition coefficient (Wildman–Crippen LogP) is 3.57. The lowest BCUT2D eigenvalue weighted by molar-refractivity contribution is 0.0827. The highest BCUT2D eigenvalue weighted by atomic mass is 16.5. The maximum absolute atomic E-state index is 12.7. The van der Waals surface area contributed by atoms with E-state index in [-0.39, 0.29) is 17.9 Å². The van der Waals surface area contributed by atoms with Crippen molar-refractivity contribution in [1.29, 1.82) is 0 Å². The summed E-state index contributed by atoms with van der Waals surface area (Å²) in [6.07, 6.45) is 1.38. The Morgan fingerprint density at radius 2 is 1.75 bits per heavy atom. The molecule has 1 aromatic heterocycles. The summed E-state index contributed by atoms with van der Waals surface area (Å²) in [6.45, 7) is 2.25. The van der Waals surface area contributed by atoms with Crippen molar-refractivity contribution in [3.05, 3.63) is 65.9 Å². The SMILES string of the molecule is COC[C@H](C)Oc1cc(Oc2ccc(C(=O)N(C)C)cc2)cc(C(=O)Nc2cc[nH]n2)c1. The van der Waals surface area contributed by atoms with Gasteiger partial charge in [0.1, 0.15) is 23.4 Å². The van der Waals surface area contributed by atoms with Crippen LogP contribution in [0.5, 0.6) is 17.2 Å². The molecule has 0 unspecified atom stereocenters. The van der Waals surface area contributed by atoms with Crippen LogP contribution in [0.25, 0.3) is 0 Å². The number of aromatic amines is 1. The number of nitrogens with zero attached hydrogens (tertiary/aromatic N) is 2. The second-order valence-corrected chi connectivity index (χ2v) is 7.32. The van der Waals surface area contributed by atoms with Crippen LogP contribution in [-0.4, -0.2) is 60.8 Å². The molecule has 168 valence electrons. The van der Waals surface area contributed by atoms with Gasteiger partial charge in [-0.2, -0.15) is 5.10 Å². The van der Waals surface area contributed by atoms with Gasteiger partial charge in [0.2, 0.25) is 0 Å². The van der Waals surface area contributed by atoms with Gasteiger partial charge in [-0.1, -0.05) is 0 Å². The number of anilines is 1. The zero-order valence-corrected chi connectivity index (χ0v) is 18.4. The molecular formula is C23H26N4O5. The minimum Gasteiger partial charge on any atom is -0.488 e. The van der Waals surface area contributed by atoms with Gasteiger partial charge in [-0.25, -0.2) is 0 Å². The Bertz CT molecular complexity index is 1050. The first-order valence-corrected chi connectivity index (χ1v) is 9.97. The summed E-state index contributed by atoms with van der Waals surface area (Å²) in [4.78, 5) is 26.3. The topological polar surface area (TPSA) is 106 Å². The molecule has 3 aromatic rings. The Morgan fingerprint density at radius 3 is 2.38 bits per heavy atom. The Kier molecular flexibility index (Phi) is 7.45. The van der Waals surface area contributed by atoms with Crippen LogP contribution in [0, 0.1) is 0 Å². The second-order valence-electron chi connectivity index (χ2n) is 7.32. The average molecular weight is 438 g/mol. The molecule has 0 saturated heterocycles. The Balaban J connectivity index is 1.84. The molecule has 3 rings (SSSR count).